The Balaban J connectivity index is 1.32. The van der Waals surface area contributed by atoms with E-state index in [4.69, 9.17) is 4.74 Å². The average Bonchev–Trinajstić information content (AvgIpc) is 3.25. The lowest BCUT2D eigenvalue weighted by Crippen LogP contribution is -2.60. The highest BCUT2D eigenvalue weighted by molar-refractivity contribution is 6.06. The number of hydrogen-bond acceptors (Lipinski definition) is 3. The fraction of sp³-hybridized carbons (Fsp3) is 0.593. The van der Waals surface area contributed by atoms with Crippen LogP contribution >= 0.6 is 0 Å². The minimum absolute atomic E-state index is 0.218. The fourth-order valence-corrected chi connectivity index (χ4v) is 7.15. The van der Waals surface area contributed by atoms with Crippen LogP contribution in [0.2, 0.25) is 0 Å². The molecule has 5 heteroatoms. The molecule has 32 heavy (non-hydrogen) atoms. The van der Waals surface area contributed by atoms with E-state index in [2.05, 4.69) is 38.8 Å². The summed E-state index contributed by atoms with van der Waals surface area (Å²) in [4.78, 5) is 19.0. The number of nitrogens with zero attached hydrogens (tertiary/aromatic N) is 3. The van der Waals surface area contributed by atoms with Crippen LogP contribution in [0.4, 0.5) is 0 Å². The molecule has 0 radical (unpaired) electrons. The van der Waals surface area contributed by atoms with E-state index in [-0.39, 0.29) is 5.91 Å². The minimum atomic E-state index is 0.218. The summed E-state index contributed by atoms with van der Waals surface area (Å²) in [5, 5.41) is 1.07. The third-order valence-electron chi connectivity index (χ3n) is 8.50. The Morgan fingerprint density at radius 1 is 1.16 bits per heavy atom. The molecule has 1 aromatic heterocycles. The third kappa shape index (κ3) is 3.32. The first kappa shape index (κ1) is 20.5. The first-order chi connectivity index (χ1) is 15.7. The Morgan fingerprint density at radius 2 is 2.09 bits per heavy atom. The van der Waals surface area contributed by atoms with Gasteiger partial charge in [-0.2, -0.15) is 0 Å². The first-order valence-electron chi connectivity index (χ1n) is 12.6. The van der Waals surface area contributed by atoms with E-state index in [1.165, 1.54) is 45.2 Å². The summed E-state index contributed by atoms with van der Waals surface area (Å²) < 4.78 is 7.46. The number of piperidine rings is 3. The number of carbonyl (C=O) groups is 1. The van der Waals surface area contributed by atoms with Crippen molar-refractivity contribution in [1.82, 2.24) is 14.4 Å². The standard InChI is InChI=1S/C27H35N3O2/c1-32-15-14-28-13-10-22-23(7-4-9-25(22)28)27(31)30-12-5-6-19-16-20-17-21(26(19)30)18-29-11-3-2-8-24(20)29/h4,7,9-10,13,16,20-21,24,26H,2-3,5-6,8,11-12,14-15,17-18H2,1H3/t20-,21+,24+,26-/m0/s1. The number of rotatable bonds is 4. The van der Waals surface area contributed by atoms with Crippen LogP contribution < -0.4 is 0 Å². The summed E-state index contributed by atoms with van der Waals surface area (Å²) in [6, 6.07) is 9.33. The summed E-state index contributed by atoms with van der Waals surface area (Å²) in [7, 11) is 1.73. The molecular weight excluding hydrogens is 398 g/mol. The van der Waals surface area contributed by atoms with Crippen molar-refractivity contribution in [2.45, 2.75) is 57.2 Å². The van der Waals surface area contributed by atoms with Gasteiger partial charge in [-0.1, -0.05) is 24.1 Å². The van der Waals surface area contributed by atoms with E-state index < -0.39 is 0 Å². The third-order valence-corrected chi connectivity index (χ3v) is 8.50. The lowest BCUT2D eigenvalue weighted by atomic mass is 9.68. The van der Waals surface area contributed by atoms with Crippen molar-refractivity contribution in [3.8, 4) is 0 Å². The number of amides is 1. The molecule has 2 bridgehead atoms. The topological polar surface area (TPSA) is 37.7 Å². The van der Waals surface area contributed by atoms with Gasteiger partial charge in [0.1, 0.15) is 0 Å². The van der Waals surface area contributed by atoms with Crippen LogP contribution in [0, 0.1) is 11.8 Å². The molecule has 1 aliphatic carbocycles. The van der Waals surface area contributed by atoms with Crippen molar-refractivity contribution in [2.24, 2.45) is 11.8 Å². The Morgan fingerprint density at radius 3 is 3.00 bits per heavy atom. The fourth-order valence-electron chi connectivity index (χ4n) is 7.15. The Kier molecular flexibility index (Phi) is 5.34. The molecule has 6 rings (SSSR count). The summed E-state index contributed by atoms with van der Waals surface area (Å²) in [6.07, 6.45) is 12.3. The van der Waals surface area contributed by atoms with Gasteiger partial charge in [-0.3, -0.25) is 9.69 Å². The molecule has 4 aliphatic rings. The number of benzene rings is 1. The molecule has 170 valence electrons. The van der Waals surface area contributed by atoms with Crippen molar-refractivity contribution < 1.29 is 9.53 Å². The number of methoxy groups -OCH3 is 1. The van der Waals surface area contributed by atoms with Crippen LogP contribution in [0.1, 0.15) is 48.9 Å². The van der Waals surface area contributed by atoms with Crippen molar-refractivity contribution in [1.29, 1.82) is 0 Å². The van der Waals surface area contributed by atoms with Crippen LogP contribution in [-0.2, 0) is 11.3 Å². The lowest BCUT2D eigenvalue weighted by molar-refractivity contribution is 0.00153. The Hall–Kier alpha value is -2.11. The van der Waals surface area contributed by atoms with Gasteiger partial charge in [0.15, 0.2) is 0 Å². The van der Waals surface area contributed by atoms with Gasteiger partial charge in [0, 0.05) is 55.4 Å². The molecule has 4 atom stereocenters. The zero-order chi connectivity index (χ0) is 21.7. The van der Waals surface area contributed by atoms with Gasteiger partial charge in [0.2, 0.25) is 0 Å². The molecule has 0 N–H and O–H groups in total. The molecular formula is C27H35N3O2. The van der Waals surface area contributed by atoms with E-state index in [1.54, 1.807) is 12.7 Å². The van der Waals surface area contributed by atoms with Gasteiger partial charge in [0.05, 0.1) is 12.6 Å². The monoisotopic (exact) mass is 433 g/mol. The van der Waals surface area contributed by atoms with Crippen LogP contribution in [0.25, 0.3) is 10.9 Å². The van der Waals surface area contributed by atoms with Gasteiger partial charge in [-0.25, -0.2) is 0 Å². The molecule has 4 heterocycles. The van der Waals surface area contributed by atoms with E-state index in [1.807, 2.05) is 12.1 Å². The second kappa shape index (κ2) is 8.35. The molecule has 0 spiro atoms. The maximum Gasteiger partial charge on any atom is 0.255 e. The summed E-state index contributed by atoms with van der Waals surface area (Å²) in [6.45, 7) is 4.77. The first-order valence-corrected chi connectivity index (χ1v) is 12.6. The van der Waals surface area contributed by atoms with Crippen molar-refractivity contribution in [3.05, 3.63) is 47.7 Å². The predicted molar refractivity (Wildman–Crippen MR) is 127 cm³/mol. The SMILES string of the molecule is COCCn1ccc2c(C(=O)N3CCCC4=C[C@H]5C[C@H](CN6CCCC[C@H]56)[C@H]43)cccc21. The normalized spacial score (nSPS) is 30.0. The number of aromatic nitrogens is 1. The second-order valence-electron chi connectivity index (χ2n) is 10.2. The zero-order valence-corrected chi connectivity index (χ0v) is 19.2. The van der Waals surface area contributed by atoms with E-state index in [0.717, 1.165) is 42.0 Å². The smallest absolute Gasteiger partial charge is 0.255 e. The molecule has 3 aliphatic heterocycles. The number of ether oxygens (including phenoxy) is 1. The highest BCUT2D eigenvalue weighted by Gasteiger charge is 2.47. The number of fused-ring (bicyclic) bond motifs is 7. The van der Waals surface area contributed by atoms with E-state index in [9.17, 15) is 4.79 Å². The van der Waals surface area contributed by atoms with Crippen LogP contribution in [0.5, 0.6) is 0 Å². The maximum atomic E-state index is 14.0. The van der Waals surface area contributed by atoms with Crippen molar-refractivity contribution in [3.63, 3.8) is 0 Å². The Bertz CT molecular complexity index is 1040. The largest absolute Gasteiger partial charge is 0.383 e. The molecule has 3 saturated heterocycles. The highest BCUT2D eigenvalue weighted by atomic mass is 16.5. The summed E-state index contributed by atoms with van der Waals surface area (Å²) in [5.41, 5.74) is 3.54. The number of carbonyl (C=O) groups excluding carboxylic acids is 1. The molecule has 1 aromatic carbocycles. The second-order valence-corrected chi connectivity index (χ2v) is 10.2. The average molecular weight is 434 g/mol. The lowest BCUT2D eigenvalue weighted by Gasteiger charge is -2.54. The minimum Gasteiger partial charge on any atom is -0.383 e. The Labute approximate surface area is 191 Å². The van der Waals surface area contributed by atoms with Gasteiger partial charge >= 0.3 is 0 Å². The molecule has 0 saturated carbocycles. The quantitative estimate of drug-likeness (QED) is 0.674. The van der Waals surface area contributed by atoms with E-state index in [0.29, 0.717) is 24.5 Å². The van der Waals surface area contributed by atoms with Crippen molar-refractivity contribution >= 4 is 16.8 Å². The zero-order valence-electron chi connectivity index (χ0n) is 19.2. The molecule has 2 aromatic rings. The highest BCUT2D eigenvalue weighted by Crippen LogP contribution is 2.45. The summed E-state index contributed by atoms with van der Waals surface area (Å²) in [5.74, 6) is 1.51. The van der Waals surface area contributed by atoms with Gasteiger partial charge in [-0.15, -0.1) is 0 Å². The molecule has 1 amide bonds. The van der Waals surface area contributed by atoms with Gasteiger partial charge in [0.25, 0.3) is 5.91 Å². The molecule has 5 nitrogen and oxygen atoms in total. The predicted octanol–water partition coefficient (Wildman–Crippen LogP) is 4.32. The number of hydrogen-bond donors (Lipinski definition) is 0. The van der Waals surface area contributed by atoms with Gasteiger partial charge in [-0.05, 0) is 68.7 Å². The van der Waals surface area contributed by atoms with Crippen LogP contribution in [-0.4, -0.2) is 65.7 Å². The number of likely N-dealkylation sites (tertiary alicyclic amines) is 1. The van der Waals surface area contributed by atoms with E-state index >= 15 is 0 Å². The van der Waals surface area contributed by atoms with Gasteiger partial charge < -0.3 is 14.2 Å². The maximum absolute atomic E-state index is 14.0. The molecule has 3 fully saturated rings. The summed E-state index contributed by atoms with van der Waals surface area (Å²) >= 11 is 0. The van der Waals surface area contributed by atoms with Crippen LogP contribution in [0.3, 0.4) is 0 Å². The molecule has 0 unspecified atom stereocenters. The van der Waals surface area contributed by atoms with Crippen LogP contribution in [0.15, 0.2) is 42.1 Å². The van der Waals surface area contributed by atoms with Crippen molar-refractivity contribution in [2.75, 3.05) is 33.4 Å².